The monoisotopic (exact) mass is 589 g/mol. The van der Waals surface area contributed by atoms with E-state index in [-0.39, 0.29) is 24.0 Å². The maximum atomic E-state index is 13.1. The van der Waals surface area contributed by atoms with Gasteiger partial charge in [-0.05, 0) is 42.6 Å². The molecule has 0 unspecified atom stereocenters. The highest BCUT2D eigenvalue weighted by molar-refractivity contribution is 7.98. The maximum absolute atomic E-state index is 13.1. The van der Waals surface area contributed by atoms with Crippen molar-refractivity contribution in [3.63, 3.8) is 0 Å². The minimum Gasteiger partial charge on any atom is -0.507 e. The number of thioether (sulfide) groups is 1. The number of anilines is 2. The SMILES string of the molecule is CSc1nc(-c2ccccc2NC(=O)c2ccccc2O)c(-c2ccnc(NC(C)=O)c2)n1COCC[Si](C)(C)C. The van der Waals surface area contributed by atoms with Gasteiger partial charge in [0.05, 0.1) is 22.6 Å². The molecule has 0 aliphatic carbocycles. The molecule has 0 bridgehead atoms. The molecule has 0 spiro atoms. The van der Waals surface area contributed by atoms with E-state index >= 15 is 0 Å². The van der Waals surface area contributed by atoms with E-state index < -0.39 is 14.0 Å². The molecule has 0 aliphatic rings. The van der Waals surface area contributed by atoms with Gasteiger partial charge in [0.2, 0.25) is 5.91 Å². The van der Waals surface area contributed by atoms with Crippen molar-refractivity contribution >= 4 is 43.2 Å². The van der Waals surface area contributed by atoms with Gasteiger partial charge < -0.3 is 20.5 Å². The quantitative estimate of drug-likeness (QED) is 0.103. The van der Waals surface area contributed by atoms with Crippen LogP contribution in [0.4, 0.5) is 11.5 Å². The third kappa shape index (κ3) is 7.63. The van der Waals surface area contributed by atoms with E-state index in [1.165, 1.54) is 24.8 Å². The van der Waals surface area contributed by atoms with Crippen LogP contribution in [0.15, 0.2) is 72.0 Å². The van der Waals surface area contributed by atoms with Crippen molar-refractivity contribution in [2.45, 2.75) is 44.5 Å². The molecule has 41 heavy (non-hydrogen) atoms. The second-order valence-corrected chi connectivity index (χ2v) is 17.1. The summed E-state index contributed by atoms with van der Waals surface area (Å²) >= 11 is 1.49. The standard InChI is InChI=1S/C30H35N5O4SSi/c1-20(36)32-26-18-21(14-15-31-26)28-27(34-30(40-2)35(28)19-39-16-17-41(3,4)5)22-10-6-8-12-24(22)33-29(38)23-11-7-9-13-25(23)37/h6-15,18,37H,16-17,19H2,1-5H3,(H,33,38)(H,31,32,36). The Labute approximate surface area is 245 Å². The Morgan fingerprint density at radius 3 is 2.49 bits per heavy atom. The number of phenolic OH excluding ortho intramolecular Hbond substituents is 1. The van der Waals surface area contributed by atoms with E-state index in [1.54, 1.807) is 36.5 Å². The number of imidazole rings is 1. The lowest BCUT2D eigenvalue weighted by Crippen LogP contribution is -2.22. The summed E-state index contributed by atoms with van der Waals surface area (Å²) in [6.07, 6.45) is 3.59. The van der Waals surface area contributed by atoms with Crippen LogP contribution in [-0.4, -0.2) is 52.4 Å². The number of nitrogens with one attached hydrogen (secondary N) is 2. The van der Waals surface area contributed by atoms with Gasteiger partial charge in [0.1, 0.15) is 18.3 Å². The maximum Gasteiger partial charge on any atom is 0.259 e. The molecular formula is C30H35N5O4SSi. The number of carbonyl (C=O) groups is 2. The lowest BCUT2D eigenvalue weighted by atomic mass is 10.0. The number of pyridine rings is 1. The second kappa shape index (κ2) is 13.2. The third-order valence-electron chi connectivity index (χ3n) is 6.25. The molecular weight excluding hydrogens is 555 g/mol. The predicted octanol–water partition coefficient (Wildman–Crippen LogP) is 6.56. The van der Waals surface area contributed by atoms with Crippen LogP contribution in [0.25, 0.3) is 22.5 Å². The summed E-state index contributed by atoms with van der Waals surface area (Å²) in [5.41, 5.74) is 3.58. The molecule has 2 heterocycles. The van der Waals surface area contributed by atoms with Gasteiger partial charge in [0.15, 0.2) is 5.16 Å². The van der Waals surface area contributed by atoms with E-state index in [2.05, 4.69) is 35.3 Å². The van der Waals surface area contributed by atoms with Gasteiger partial charge in [-0.2, -0.15) is 0 Å². The highest BCUT2D eigenvalue weighted by atomic mass is 32.2. The number of rotatable bonds is 11. The summed E-state index contributed by atoms with van der Waals surface area (Å²) in [7, 11) is -1.28. The first-order valence-corrected chi connectivity index (χ1v) is 18.2. The zero-order chi connectivity index (χ0) is 29.6. The van der Waals surface area contributed by atoms with E-state index in [0.717, 1.165) is 22.5 Å². The molecule has 2 aromatic heterocycles. The van der Waals surface area contributed by atoms with Gasteiger partial charge in [-0.3, -0.25) is 14.2 Å². The number of aromatic hydroxyl groups is 1. The molecule has 2 aromatic carbocycles. The average molecular weight is 590 g/mol. The van der Waals surface area contributed by atoms with Gasteiger partial charge >= 0.3 is 0 Å². The molecule has 4 rings (SSSR count). The number of hydrogen-bond donors (Lipinski definition) is 3. The Balaban J connectivity index is 1.82. The number of benzene rings is 2. The molecule has 0 radical (unpaired) electrons. The van der Waals surface area contributed by atoms with Gasteiger partial charge in [-0.25, -0.2) is 9.97 Å². The summed E-state index contributed by atoms with van der Waals surface area (Å²) in [6, 6.07) is 18.5. The van der Waals surface area contributed by atoms with Crippen LogP contribution in [0.1, 0.15) is 17.3 Å². The smallest absolute Gasteiger partial charge is 0.259 e. The Morgan fingerprint density at radius 1 is 1.05 bits per heavy atom. The highest BCUT2D eigenvalue weighted by Crippen LogP contribution is 2.39. The number of ether oxygens (including phenoxy) is 1. The normalized spacial score (nSPS) is 11.3. The van der Waals surface area contributed by atoms with Crippen LogP contribution in [0.2, 0.25) is 25.7 Å². The van der Waals surface area contributed by atoms with Crippen molar-refractivity contribution in [1.82, 2.24) is 14.5 Å². The van der Waals surface area contributed by atoms with Gasteiger partial charge in [0, 0.05) is 38.9 Å². The van der Waals surface area contributed by atoms with Crippen molar-refractivity contribution in [3.8, 4) is 28.3 Å². The number of aromatic nitrogens is 3. The first-order valence-electron chi connectivity index (χ1n) is 13.2. The number of amides is 2. The molecule has 11 heteroatoms. The molecule has 3 N–H and O–H groups in total. The van der Waals surface area contributed by atoms with Crippen molar-refractivity contribution < 1.29 is 19.4 Å². The fourth-order valence-electron chi connectivity index (χ4n) is 4.20. The molecule has 0 aliphatic heterocycles. The fraction of sp³-hybridized carbons (Fsp3) is 0.267. The summed E-state index contributed by atoms with van der Waals surface area (Å²) < 4.78 is 8.18. The van der Waals surface area contributed by atoms with E-state index in [1.807, 2.05) is 35.1 Å². The Hall–Kier alpha value is -3.93. The average Bonchev–Trinajstić information content (AvgIpc) is 3.29. The van der Waals surface area contributed by atoms with Gasteiger partial charge in [-0.1, -0.05) is 61.7 Å². The van der Waals surface area contributed by atoms with E-state index in [0.29, 0.717) is 29.4 Å². The zero-order valence-electron chi connectivity index (χ0n) is 23.9. The van der Waals surface area contributed by atoms with Crippen LogP contribution in [0.3, 0.4) is 0 Å². The largest absolute Gasteiger partial charge is 0.507 e. The van der Waals surface area contributed by atoms with Crippen molar-refractivity contribution in [1.29, 1.82) is 0 Å². The topological polar surface area (TPSA) is 118 Å². The first-order chi connectivity index (χ1) is 19.6. The summed E-state index contributed by atoms with van der Waals surface area (Å²) in [4.78, 5) is 34.2. The molecule has 0 saturated heterocycles. The lowest BCUT2D eigenvalue weighted by molar-refractivity contribution is -0.114. The predicted molar refractivity (Wildman–Crippen MR) is 167 cm³/mol. The minimum atomic E-state index is -1.28. The minimum absolute atomic E-state index is 0.102. The lowest BCUT2D eigenvalue weighted by Gasteiger charge is -2.18. The second-order valence-electron chi connectivity index (χ2n) is 10.7. The number of para-hydroxylation sites is 2. The van der Waals surface area contributed by atoms with Crippen molar-refractivity contribution in [3.05, 3.63) is 72.4 Å². The van der Waals surface area contributed by atoms with Crippen LogP contribution in [0, 0.1) is 0 Å². The molecule has 214 valence electrons. The van der Waals surface area contributed by atoms with E-state index in [4.69, 9.17) is 9.72 Å². The van der Waals surface area contributed by atoms with Crippen molar-refractivity contribution in [2.24, 2.45) is 0 Å². The Kier molecular flexibility index (Phi) is 9.64. The van der Waals surface area contributed by atoms with Crippen LogP contribution in [-0.2, 0) is 16.3 Å². The molecule has 9 nitrogen and oxygen atoms in total. The molecule has 0 saturated carbocycles. The fourth-order valence-corrected chi connectivity index (χ4v) is 5.51. The number of phenols is 1. The Morgan fingerprint density at radius 2 is 1.78 bits per heavy atom. The van der Waals surface area contributed by atoms with E-state index in [9.17, 15) is 14.7 Å². The first kappa shape index (κ1) is 30.0. The molecule has 2 amide bonds. The number of hydrogen-bond acceptors (Lipinski definition) is 7. The van der Waals surface area contributed by atoms with Crippen LogP contribution >= 0.6 is 11.8 Å². The summed E-state index contributed by atoms with van der Waals surface area (Å²) in [5, 5.41) is 16.7. The van der Waals surface area contributed by atoms with Gasteiger partial charge in [-0.15, -0.1) is 0 Å². The van der Waals surface area contributed by atoms with Crippen LogP contribution < -0.4 is 10.6 Å². The van der Waals surface area contributed by atoms with Crippen molar-refractivity contribution in [2.75, 3.05) is 23.5 Å². The number of carbonyl (C=O) groups excluding carboxylic acids is 2. The zero-order valence-corrected chi connectivity index (χ0v) is 25.7. The van der Waals surface area contributed by atoms with Crippen LogP contribution in [0.5, 0.6) is 5.75 Å². The number of nitrogens with zero attached hydrogens (tertiary/aromatic N) is 3. The highest BCUT2D eigenvalue weighted by Gasteiger charge is 2.24. The third-order valence-corrected chi connectivity index (χ3v) is 8.63. The summed E-state index contributed by atoms with van der Waals surface area (Å²) in [6.45, 7) is 9.29. The molecule has 0 atom stereocenters. The molecule has 4 aromatic rings. The molecule has 0 fully saturated rings. The summed E-state index contributed by atoms with van der Waals surface area (Å²) in [5.74, 6) is -0.344. The Bertz CT molecular complexity index is 1550. The van der Waals surface area contributed by atoms with Gasteiger partial charge in [0.25, 0.3) is 5.91 Å².